The second-order valence-corrected chi connectivity index (χ2v) is 4.73. The molecular weight excluding hydrogens is 270 g/mol. The van der Waals surface area contributed by atoms with Crippen molar-refractivity contribution >= 4 is 5.97 Å². The molecule has 0 atom stereocenters. The predicted molar refractivity (Wildman–Crippen MR) is 78.1 cm³/mol. The molecule has 21 heavy (non-hydrogen) atoms. The van der Waals surface area contributed by atoms with Gasteiger partial charge >= 0.3 is 5.97 Å². The van der Waals surface area contributed by atoms with Crippen LogP contribution in [0.4, 0.5) is 0 Å². The van der Waals surface area contributed by atoms with Gasteiger partial charge in [0.25, 0.3) is 0 Å². The van der Waals surface area contributed by atoms with Gasteiger partial charge in [0.2, 0.25) is 11.7 Å². The first kappa shape index (κ1) is 15.3. The van der Waals surface area contributed by atoms with E-state index in [2.05, 4.69) is 10.1 Å². The van der Waals surface area contributed by atoms with Crippen LogP contribution in [-0.4, -0.2) is 27.8 Å². The summed E-state index contributed by atoms with van der Waals surface area (Å²) in [6.45, 7) is 6.80. The number of esters is 1. The van der Waals surface area contributed by atoms with Crippen molar-refractivity contribution in [1.29, 1.82) is 0 Å². The first-order chi connectivity index (χ1) is 10.1. The van der Waals surface area contributed by atoms with Crippen molar-refractivity contribution in [3.63, 3.8) is 0 Å². The summed E-state index contributed by atoms with van der Waals surface area (Å²) in [7, 11) is 1.34. The zero-order chi connectivity index (χ0) is 15.4. The van der Waals surface area contributed by atoms with Gasteiger partial charge in [0, 0.05) is 6.54 Å². The van der Waals surface area contributed by atoms with Gasteiger partial charge in [-0.15, -0.1) is 0 Å². The lowest BCUT2D eigenvalue weighted by Crippen LogP contribution is -2.03. The first-order valence-corrected chi connectivity index (χ1v) is 7.29. The molecule has 2 aromatic heterocycles. The predicted octanol–water partition coefficient (Wildman–Crippen LogP) is 2.86. The maximum absolute atomic E-state index is 11.8. The van der Waals surface area contributed by atoms with Gasteiger partial charge in [-0.3, -0.25) is 4.68 Å². The highest BCUT2D eigenvalue weighted by atomic mass is 16.5. The van der Waals surface area contributed by atoms with Crippen molar-refractivity contribution in [3.05, 3.63) is 23.2 Å². The van der Waals surface area contributed by atoms with Crippen molar-refractivity contribution in [3.8, 4) is 11.6 Å². The lowest BCUT2D eigenvalue weighted by molar-refractivity contribution is 0.0564. The highest BCUT2D eigenvalue weighted by Gasteiger charge is 2.23. The topological polar surface area (TPSA) is 70.2 Å². The standard InChI is InChI=1S/C15H21N3O3/c1-5-8-11-13(15(19)20-4)21-14(16-11)12-9-10(6-2)17-18(12)7-3/h9H,5-8H2,1-4H3. The highest BCUT2D eigenvalue weighted by molar-refractivity contribution is 5.87. The number of carbonyl (C=O) groups excluding carboxylic acids is 1. The molecule has 0 aliphatic rings. The molecule has 0 unspecified atom stereocenters. The average molecular weight is 291 g/mol. The van der Waals surface area contributed by atoms with Crippen molar-refractivity contribution in [2.75, 3.05) is 7.11 Å². The summed E-state index contributed by atoms with van der Waals surface area (Å²) in [6, 6.07) is 1.95. The van der Waals surface area contributed by atoms with E-state index < -0.39 is 5.97 Å². The van der Waals surface area contributed by atoms with Crippen molar-refractivity contribution in [2.24, 2.45) is 0 Å². The van der Waals surface area contributed by atoms with E-state index in [9.17, 15) is 4.79 Å². The summed E-state index contributed by atoms with van der Waals surface area (Å²) in [5.41, 5.74) is 2.41. The molecule has 0 aliphatic heterocycles. The van der Waals surface area contributed by atoms with E-state index >= 15 is 0 Å². The number of oxazole rings is 1. The second-order valence-electron chi connectivity index (χ2n) is 4.73. The Kier molecular flexibility index (Phi) is 4.77. The molecule has 0 bridgehead atoms. The Bertz CT molecular complexity index is 628. The lowest BCUT2D eigenvalue weighted by atomic mass is 10.2. The quantitative estimate of drug-likeness (QED) is 0.765. The van der Waals surface area contributed by atoms with Crippen LogP contribution in [0.1, 0.15) is 49.1 Å². The third kappa shape index (κ3) is 2.99. The molecule has 0 N–H and O–H groups in total. The van der Waals surface area contributed by atoms with Crippen LogP contribution in [0.3, 0.4) is 0 Å². The maximum atomic E-state index is 11.8. The number of aromatic nitrogens is 3. The molecule has 2 rings (SSSR count). The number of carbonyl (C=O) groups is 1. The number of nitrogens with zero attached hydrogens (tertiary/aromatic N) is 3. The fraction of sp³-hybridized carbons (Fsp3) is 0.533. The molecule has 2 aromatic rings. The fourth-order valence-electron chi connectivity index (χ4n) is 2.18. The van der Waals surface area contributed by atoms with Crippen LogP contribution < -0.4 is 0 Å². The van der Waals surface area contributed by atoms with E-state index in [-0.39, 0.29) is 5.76 Å². The molecule has 0 saturated carbocycles. The Labute approximate surface area is 124 Å². The minimum Gasteiger partial charge on any atom is -0.463 e. The van der Waals surface area contributed by atoms with Crippen LogP contribution >= 0.6 is 0 Å². The van der Waals surface area contributed by atoms with E-state index in [1.807, 2.05) is 31.5 Å². The van der Waals surface area contributed by atoms with E-state index in [1.165, 1.54) is 7.11 Å². The smallest absolute Gasteiger partial charge is 0.376 e. The van der Waals surface area contributed by atoms with Gasteiger partial charge in [0.1, 0.15) is 5.69 Å². The minimum absolute atomic E-state index is 0.191. The third-order valence-electron chi connectivity index (χ3n) is 3.27. The number of ether oxygens (including phenoxy) is 1. The van der Waals surface area contributed by atoms with E-state index in [0.717, 1.165) is 24.2 Å². The van der Waals surface area contributed by atoms with Gasteiger partial charge in [-0.05, 0) is 25.8 Å². The van der Waals surface area contributed by atoms with Crippen molar-refractivity contribution in [1.82, 2.24) is 14.8 Å². The zero-order valence-corrected chi connectivity index (χ0v) is 13.0. The molecule has 6 heteroatoms. The normalized spacial score (nSPS) is 10.9. The van der Waals surface area contributed by atoms with Crippen LogP contribution in [0.15, 0.2) is 10.5 Å². The number of hydrogen-bond acceptors (Lipinski definition) is 5. The SMILES string of the molecule is CCCc1nc(-c2cc(CC)nn2CC)oc1C(=O)OC. The Morgan fingerprint density at radius 2 is 2.14 bits per heavy atom. The molecule has 0 radical (unpaired) electrons. The molecule has 2 heterocycles. The van der Waals surface area contributed by atoms with Gasteiger partial charge < -0.3 is 9.15 Å². The highest BCUT2D eigenvalue weighted by Crippen LogP contribution is 2.24. The molecule has 6 nitrogen and oxygen atoms in total. The minimum atomic E-state index is -0.490. The zero-order valence-electron chi connectivity index (χ0n) is 13.0. The van der Waals surface area contributed by atoms with Gasteiger partial charge in [-0.1, -0.05) is 20.3 Å². The van der Waals surface area contributed by atoms with Crippen molar-refractivity contribution in [2.45, 2.75) is 46.6 Å². The van der Waals surface area contributed by atoms with Gasteiger partial charge in [0.15, 0.2) is 0 Å². The molecule has 0 fully saturated rings. The Balaban J connectivity index is 2.49. The first-order valence-electron chi connectivity index (χ1n) is 7.29. The fourth-order valence-corrected chi connectivity index (χ4v) is 2.18. The summed E-state index contributed by atoms with van der Waals surface area (Å²) in [5.74, 6) is 0.125. The Hall–Kier alpha value is -2.11. The van der Waals surface area contributed by atoms with E-state index in [1.54, 1.807) is 0 Å². The van der Waals surface area contributed by atoms with Gasteiger partial charge in [-0.2, -0.15) is 5.10 Å². The lowest BCUT2D eigenvalue weighted by Gasteiger charge is -1.99. The van der Waals surface area contributed by atoms with Gasteiger partial charge in [0.05, 0.1) is 18.5 Å². The van der Waals surface area contributed by atoms with Crippen LogP contribution in [0, 0.1) is 0 Å². The van der Waals surface area contributed by atoms with Crippen LogP contribution in [0.25, 0.3) is 11.6 Å². The second kappa shape index (κ2) is 6.56. The van der Waals surface area contributed by atoms with E-state index in [4.69, 9.17) is 9.15 Å². The largest absolute Gasteiger partial charge is 0.463 e. The molecule has 0 spiro atoms. The summed E-state index contributed by atoms with van der Waals surface area (Å²) < 4.78 is 12.3. The third-order valence-corrected chi connectivity index (χ3v) is 3.27. The maximum Gasteiger partial charge on any atom is 0.376 e. The molecule has 114 valence electrons. The average Bonchev–Trinajstić information content (AvgIpc) is 3.10. The summed E-state index contributed by atoms with van der Waals surface area (Å²) >= 11 is 0. The van der Waals surface area contributed by atoms with Crippen LogP contribution in [0.2, 0.25) is 0 Å². The molecule has 0 aliphatic carbocycles. The number of methoxy groups -OCH3 is 1. The van der Waals surface area contributed by atoms with Gasteiger partial charge in [-0.25, -0.2) is 9.78 Å². The number of rotatable bonds is 6. The summed E-state index contributed by atoms with van der Waals surface area (Å²) in [6.07, 6.45) is 2.39. The van der Waals surface area contributed by atoms with Crippen LogP contribution in [0.5, 0.6) is 0 Å². The molecular formula is C15H21N3O3. The Morgan fingerprint density at radius 3 is 2.71 bits per heavy atom. The Morgan fingerprint density at radius 1 is 1.38 bits per heavy atom. The molecule has 0 saturated heterocycles. The number of aryl methyl sites for hydroxylation is 3. The summed E-state index contributed by atoms with van der Waals surface area (Å²) in [5, 5.41) is 4.47. The molecule has 0 aromatic carbocycles. The monoisotopic (exact) mass is 291 g/mol. The molecule has 0 amide bonds. The number of hydrogen-bond donors (Lipinski definition) is 0. The summed E-state index contributed by atoms with van der Waals surface area (Å²) in [4.78, 5) is 16.3. The van der Waals surface area contributed by atoms with Crippen LogP contribution in [-0.2, 0) is 24.1 Å². The van der Waals surface area contributed by atoms with E-state index in [0.29, 0.717) is 24.6 Å². The van der Waals surface area contributed by atoms with Crippen molar-refractivity contribution < 1.29 is 13.9 Å².